The molecule has 7 heteroatoms. The quantitative estimate of drug-likeness (QED) is 0.778. The minimum absolute atomic E-state index is 0.0788. The molecule has 0 bridgehead atoms. The van der Waals surface area contributed by atoms with Crippen molar-refractivity contribution in [3.05, 3.63) is 11.9 Å². The van der Waals surface area contributed by atoms with Gasteiger partial charge in [-0.25, -0.2) is 13.4 Å². The van der Waals surface area contributed by atoms with Crippen molar-refractivity contribution >= 4 is 9.84 Å². The Bertz CT molecular complexity index is 550. The van der Waals surface area contributed by atoms with Crippen molar-refractivity contribution in [2.24, 2.45) is 5.92 Å². The third kappa shape index (κ3) is 5.09. The number of hydrogen-bond acceptors (Lipinski definition) is 5. The summed E-state index contributed by atoms with van der Waals surface area (Å²) >= 11 is 0. The second-order valence-electron chi connectivity index (χ2n) is 6.10. The monoisotopic (exact) mass is 317 g/mol. The van der Waals surface area contributed by atoms with Crippen molar-refractivity contribution in [2.45, 2.75) is 52.0 Å². The van der Waals surface area contributed by atoms with Crippen LogP contribution in [-0.4, -0.2) is 53.4 Å². The SMILES string of the molecule is CC(C)Cn1c(CN(CCO)C(C)C)cnc1S(C)(=O)=O. The molecule has 21 heavy (non-hydrogen) atoms. The zero-order valence-electron chi connectivity index (χ0n) is 13.6. The highest BCUT2D eigenvalue weighted by Gasteiger charge is 2.21. The van der Waals surface area contributed by atoms with Crippen LogP contribution in [0.15, 0.2) is 11.4 Å². The van der Waals surface area contributed by atoms with Crippen molar-refractivity contribution in [3.8, 4) is 0 Å². The maximum atomic E-state index is 11.9. The third-order valence-electron chi connectivity index (χ3n) is 3.26. The van der Waals surface area contributed by atoms with Crippen LogP contribution in [0, 0.1) is 5.92 Å². The van der Waals surface area contributed by atoms with Crippen molar-refractivity contribution in [2.75, 3.05) is 19.4 Å². The summed E-state index contributed by atoms with van der Waals surface area (Å²) in [6.45, 7) is 10.0. The lowest BCUT2D eigenvalue weighted by molar-refractivity contribution is 0.155. The molecule has 0 radical (unpaired) electrons. The highest BCUT2D eigenvalue weighted by Crippen LogP contribution is 2.16. The van der Waals surface area contributed by atoms with Gasteiger partial charge in [0.15, 0.2) is 0 Å². The van der Waals surface area contributed by atoms with E-state index in [0.717, 1.165) is 5.69 Å². The van der Waals surface area contributed by atoms with Gasteiger partial charge in [0, 0.05) is 31.9 Å². The molecule has 1 rings (SSSR count). The van der Waals surface area contributed by atoms with Crippen LogP contribution in [0.25, 0.3) is 0 Å². The van der Waals surface area contributed by atoms with Crippen LogP contribution in [0.3, 0.4) is 0 Å². The Balaban J connectivity index is 3.14. The molecule has 0 amide bonds. The minimum Gasteiger partial charge on any atom is -0.395 e. The maximum Gasteiger partial charge on any atom is 0.227 e. The van der Waals surface area contributed by atoms with Crippen LogP contribution in [0.5, 0.6) is 0 Å². The molecule has 0 unspecified atom stereocenters. The fourth-order valence-corrected chi connectivity index (χ4v) is 3.07. The Hall–Kier alpha value is -0.920. The van der Waals surface area contributed by atoms with Crippen LogP contribution in [-0.2, 0) is 22.9 Å². The van der Waals surface area contributed by atoms with Gasteiger partial charge in [-0.1, -0.05) is 13.8 Å². The van der Waals surface area contributed by atoms with Gasteiger partial charge in [-0.15, -0.1) is 0 Å². The Labute approximate surface area is 127 Å². The number of aliphatic hydroxyl groups excluding tert-OH is 1. The first-order valence-corrected chi connectivity index (χ1v) is 9.15. The maximum absolute atomic E-state index is 11.9. The fraction of sp³-hybridized carbons (Fsp3) is 0.786. The highest BCUT2D eigenvalue weighted by molar-refractivity contribution is 7.90. The van der Waals surface area contributed by atoms with Crippen LogP contribution < -0.4 is 0 Å². The topological polar surface area (TPSA) is 75.4 Å². The van der Waals surface area contributed by atoms with Crippen LogP contribution in [0.1, 0.15) is 33.4 Å². The van der Waals surface area contributed by atoms with Crippen LogP contribution in [0.4, 0.5) is 0 Å². The second kappa shape index (κ2) is 7.38. The van der Waals surface area contributed by atoms with Gasteiger partial charge in [0.25, 0.3) is 0 Å². The predicted molar refractivity (Wildman–Crippen MR) is 82.8 cm³/mol. The lowest BCUT2D eigenvalue weighted by atomic mass is 10.2. The van der Waals surface area contributed by atoms with Gasteiger partial charge in [0.2, 0.25) is 15.0 Å². The van der Waals surface area contributed by atoms with E-state index in [1.807, 2.05) is 13.8 Å². The van der Waals surface area contributed by atoms with Crippen LogP contribution in [0.2, 0.25) is 0 Å². The van der Waals surface area contributed by atoms with E-state index in [9.17, 15) is 8.42 Å². The summed E-state index contributed by atoms with van der Waals surface area (Å²) in [7, 11) is -3.34. The molecule has 0 saturated heterocycles. The van der Waals surface area contributed by atoms with E-state index in [4.69, 9.17) is 5.11 Å². The highest BCUT2D eigenvalue weighted by atomic mass is 32.2. The number of hydrogen-bond donors (Lipinski definition) is 1. The summed E-state index contributed by atoms with van der Waals surface area (Å²) in [5.74, 6) is 0.323. The van der Waals surface area contributed by atoms with Crippen molar-refractivity contribution in [1.82, 2.24) is 14.5 Å². The number of aromatic nitrogens is 2. The zero-order chi connectivity index (χ0) is 16.2. The summed E-state index contributed by atoms with van der Waals surface area (Å²) in [5.41, 5.74) is 0.867. The summed E-state index contributed by atoms with van der Waals surface area (Å²) in [6.07, 6.45) is 2.81. The van der Waals surface area contributed by atoms with Gasteiger partial charge in [0.05, 0.1) is 18.5 Å². The fourth-order valence-electron chi connectivity index (χ4n) is 2.23. The van der Waals surface area contributed by atoms with Gasteiger partial charge in [-0.2, -0.15) is 0 Å². The van der Waals surface area contributed by atoms with Crippen LogP contribution >= 0.6 is 0 Å². The van der Waals surface area contributed by atoms with E-state index in [2.05, 4.69) is 23.7 Å². The molecule has 1 heterocycles. The molecule has 0 saturated carbocycles. The van der Waals surface area contributed by atoms with Gasteiger partial charge >= 0.3 is 0 Å². The average Bonchev–Trinajstić information content (AvgIpc) is 2.70. The first-order valence-electron chi connectivity index (χ1n) is 7.26. The molecule has 1 aromatic rings. The number of rotatable bonds is 8. The average molecular weight is 317 g/mol. The smallest absolute Gasteiger partial charge is 0.227 e. The lowest BCUT2D eigenvalue weighted by Crippen LogP contribution is -2.34. The normalized spacial score (nSPS) is 12.8. The van der Waals surface area contributed by atoms with E-state index in [0.29, 0.717) is 25.6 Å². The minimum atomic E-state index is -3.34. The van der Waals surface area contributed by atoms with E-state index < -0.39 is 9.84 Å². The standard InChI is InChI=1S/C14H27N3O3S/c1-11(2)9-17-13(8-15-14(17)21(5,19)20)10-16(6-7-18)12(3)4/h8,11-12,18H,6-7,9-10H2,1-5H3. The molecular formula is C14H27N3O3S. The lowest BCUT2D eigenvalue weighted by Gasteiger charge is -2.26. The molecular weight excluding hydrogens is 290 g/mol. The number of nitrogens with zero attached hydrogens (tertiary/aromatic N) is 3. The molecule has 122 valence electrons. The molecule has 1 aromatic heterocycles. The molecule has 6 nitrogen and oxygen atoms in total. The Morgan fingerprint density at radius 2 is 1.95 bits per heavy atom. The molecule has 0 aliphatic rings. The molecule has 0 aliphatic carbocycles. The van der Waals surface area contributed by atoms with Gasteiger partial charge in [-0.3, -0.25) is 4.90 Å². The van der Waals surface area contributed by atoms with E-state index in [-0.39, 0.29) is 17.8 Å². The van der Waals surface area contributed by atoms with E-state index in [1.165, 1.54) is 6.26 Å². The number of imidazole rings is 1. The van der Waals surface area contributed by atoms with Gasteiger partial charge < -0.3 is 9.67 Å². The molecule has 0 aromatic carbocycles. The van der Waals surface area contributed by atoms with E-state index in [1.54, 1.807) is 10.8 Å². The molecule has 0 aliphatic heterocycles. The number of aliphatic hydroxyl groups is 1. The number of sulfone groups is 1. The Morgan fingerprint density at radius 3 is 2.38 bits per heavy atom. The summed E-state index contributed by atoms with van der Waals surface area (Å²) in [4.78, 5) is 6.20. The zero-order valence-corrected chi connectivity index (χ0v) is 14.4. The second-order valence-corrected chi connectivity index (χ2v) is 8.01. The predicted octanol–water partition coefficient (Wildman–Crippen LogP) is 1.15. The summed E-state index contributed by atoms with van der Waals surface area (Å²) in [5, 5.41) is 9.28. The first kappa shape index (κ1) is 18.1. The molecule has 0 fully saturated rings. The summed E-state index contributed by atoms with van der Waals surface area (Å²) < 4.78 is 25.5. The molecule has 0 atom stereocenters. The van der Waals surface area contributed by atoms with Crippen molar-refractivity contribution < 1.29 is 13.5 Å². The van der Waals surface area contributed by atoms with Gasteiger partial charge in [-0.05, 0) is 19.8 Å². The molecule has 1 N–H and O–H groups in total. The first-order chi connectivity index (χ1) is 9.66. The van der Waals surface area contributed by atoms with Crippen molar-refractivity contribution in [3.63, 3.8) is 0 Å². The molecule has 0 spiro atoms. The summed E-state index contributed by atoms with van der Waals surface area (Å²) in [6, 6.07) is 0.265. The Morgan fingerprint density at radius 1 is 1.33 bits per heavy atom. The van der Waals surface area contributed by atoms with Crippen molar-refractivity contribution in [1.29, 1.82) is 0 Å². The van der Waals surface area contributed by atoms with E-state index >= 15 is 0 Å². The largest absolute Gasteiger partial charge is 0.395 e. The Kier molecular flexibility index (Phi) is 6.37. The third-order valence-corrected chi connectivity index (χ3v) is 4.25. The van der Waals surface area contributed by atoms with Gasteiger partial charge in [0.1, 0.15) is 0 Å².